The summed E-state index contributed by atoms with van der Waals surface area (Å²) in [5, 5.41) is 10.3. The quantitative estimate of drug-likeness (QED) is 0.514. The minimum absolute atomic E-state index is 0.0208. The molecule has 6 nitrogen and oxygen atoms in total. The maximum absolute atomic E-state index is 13.4. The molecule has 0 saturated heterocycles. The second-order valence-corrected chi connectivity index (χ2v) is 8.21. The van der Waals surface area contributed by atoms with Gasteiger partial charge in [-0.15, -0.1) is 0 Å². The number of halogens is 3. The molecule has 5 rings (SSSR count). The molecule has 0 fully saturated rings. The van der Waals surface area contributed by atoms with Gasteiger partial charge in [-0.1, -0.05) is 35.3 Å². The van der Waals surface area contributed by atoms with E-state index >= 15 is 0 Å². The van der Waals surface area contributed by atoms with Crippen LogP contribution in [0.25, 0.3) is 0 Å². The molecule has 3 aromatic carbocycles. The Morgan fingerprint density at radius 3 is 2.48 bits per heavy atom. The normalized spacial score (nSPS) is 16.1. The number of nitrogens with zero attached hydrogens (tertiary/aromatic N) is 1. The molecule has 0 bridgehead atoms. The molecule has 0 aliphatic carbocycles. The van der Waals surface area contributed by atoms with Gasteiger partial charge in [-0.3, -0.25) is 0 Å². The Morgan fingerprint density at radius 2 is 1.79 bits per heavy atom. The molecule has 33 heavy (non-hydrogen) atoms. The molecular weight excluding hydrogens is 470 g/mol. The molecule has 0 amide bonds. The summed E-state index contributed by atoms with van der Waals surface area (Å²) in [5.41, 5.74) is 8.16. The van der Waals surface area contributed by atoms with E-state index in [-0.39, 0.29) is 46.5 Å². The van der Waals surface area contributed by atoms with Crippen LogP contribution in [0.4, 0.5) is 4.39 Å². The van der Waals surface area contributed by atoms with Crippen molar-refractivity contribution >= 4 is 23.2 Å². The fourth-order valence-electron chi connectivity index (χ4n) is 3.86. The molecule has 9 heteroatoms. The van der Waals surface area contributed by atoms with E-state index in [1.165, 1.54) is 12.1 Å². The minimum atomic E-state index is -0.597. The van der Waals surface area contributed by atoms with Crippen LogP contribution in [0.3, 0.4) is 0 Å². The van der Waals surface area contributed by atoms with E-state index in [0.29, 0.717) is 33.9 Å². The molecule has 0 saturated carbocycles. The summed E-state index contributed by atoms with van der Waals surface area (Å²) < 4.78 is 35.8. The molecule has 0 spiro atoms. The van der Waals surface area contributed by atoms with E-state index < -0.39 is 5.92 Å². The second kappa shape index (κ2) is 8.39. The summed E-state index contributed by atoms with van der Waals surface area (Å²) in [7, 11) is 0. The van der Waals surface area contributed by atoms with Gasteiger partial charge >= 0.3 is 0 Å². The average molecular weight is 485 g/mol. The largest absolute Gasteiger partial charge is 0.486 e. The predicted molar refractivity (Wildman–Crippen MR) is 119 cm³/mol. The Morgan fingerprint density at radius 1 is 1.06 bits per heavy atom. The van der Waals surface area contributed by atoms with Crippen LogP contribution in [-0.2, 0) is 6.61 Å². The summed E-state index contributed by atoms with van der Waals surface area (Å²) in [4.78, 5) is 0. The van der Waals surface area contributed by atoms with E-state index in [9.17, 15) is 9.65 Å². The van der Waals surface area contributed by atoms with Gasteiger partial charge in [0.1, 0.15) is 29.8 Å². The van der Waals surface area contributed by atoms with E-state index in [2.05, 4.69) is 6.07 Å². The van der Waals surface area contributed by atoms with Crippen LogP contribution in [0.5, 0.6) is 23.0 Å². The molecule has 2 heterocycles. The highest BCUT2D eigenvalue weighted by Crippen LogP contribution is 2.49. The number of hydrogen-bond acceptors (Lipinski definition) is 6. The van der Waals surface area contributed by atoms with Crippen molar-refractivity contribution in [3.8, 4) is 29.1 Å². The van der Waals surface area contributed by atoms with Gasteiger partial charge in [-0.2, -0.15) is 5.26 Å². The van der Waals surface area contributed by atoms with Gasteiger partial charge in [0.2, 0.25) is 12.7 Å². The van der Waals surface area contributed by atoms with E-state index in [1.54, 1.807) is 36.4 Å². The van der Waals surface area contributed by atoms with Crippen LogP contribution in [-0.4, -0.2) is 6.79 Å². The van der Waals surface area contributed by atoms with E-state index in [0.717, 1.165) is 0 Å². The zero-order chi connectivity index (χ0) is 23.1. The average Bonchev–Trinajstić information content (AvgIpc) is 3.23. The van der Waals surface area contributed by atoms with Crippen molar-refractivity contribution in [2.75, 3.05) is 6.79 Å². The third-order valence-corrected chi connectivity index (χ3v) is 5.90. The van der Waals surface area contributed by atoms with Gasteiger partial charge in [0, 0.05) is 11.6 Å². The summed E-state index contributed by atoms with van der Waals surface area (Å²) in [6.07, 6.45) is 0. The molecule has 0 aromatic heterocycles. The number of nitriles is 1. The molecule has 2 N–H and O–H groups in total. The van der Waals surface area contributed by atoms with Crippen molar-refractivity contribution in [3.63, 3.8) is 0 Å². The zero-order valence-corrected chi connectivity index (χ0v) is 18.4. The second-order valence-electron chi connectivity index (χ2n) is 7.40. The number of fused-ring (bicyclic) bond motifs is 2. The summed E-state index contributed by atoms with van der Waals surface area (Å²) >= 11 is 13.0. The lowest BCUT2D eigenvalue weighted by Gasteiger charge is -2.27. The smallest absolute Gasteiger partial charge is 0.231 e. The van der Waals surface area contributed by atoms with Gasteiger partial charge < -0.3 is 24.7 Å². The van der Waals surface area contributed by atoms with Crippen LogP contribution < -0.4 is 24.7 Å². The minimum Gasteiger partial charge on any atom is -0.486 e. The van der Waals surface area contributed by atoms with Crippen molar-refractivity contribution in [1.82, 2.24) is 0 Å². The molecule has 2 aliphatic heterocycles. The maximum Gasteiger partial charge on any atom is 0.231 e. The number of ether oxygens (including phenoxy) is 4. The topological polar surface area (TPSA) is 86.7 Å². The summed E-state index contributed by atoms with van der Waals surface area (Å²) in [6.45, 7) is 0.169. The van der Waals surface area contributed by atoms with Gasteiger partial charge in [-0.05, 0) is 41.5 Å². The predicted octanol–water partition coefficient (Wildman–Crippen LogP) is 5.66. The van der Waals surface area contributed by atoms with Crippen molar-refractivity contribution in [1.29, 1.82) is 5.26 Å². The number of nitrogens with two attached hydrogens (primary N) is 1. The Kier molecular flexibility index (Phi) is 5.41. The molecular formula is C24H15Cl2FN2O4. The highest BCUT2D eigenvalue weighted by Gasteiger charge is 2.34. The van der Waals surface area contributed by atoms with Crippen molar-refractivity contribution in [2.45, 2.75) is 12.5 Å². The third-order valence-electron chi connectivity index (χ3n) is 5.34. The van der Waals surface area contributed by atoms with Crippen LogP contribution >= 0.6 is 23.2 Å². The monoisotopic (exact) mass is 484 g/mol. The lowest BCUT2D eigenvalue weighted by molar-refractivity contribution is 0.174. The first-order chi connectivity index (χ1) is 15.9. The van der Waals surface area contributed by atoms with Crippen molar-refractivity contribution in [2.24, 2.45) is 5.73 Å². The molecule has 3 aromatic rings. The molecule has 0 radical (unpaired) electrons. The number of hydrogen-bond donors (Lipinski definition) is 1. The van der Waals surface area contributed by atoms with Crippen LogP contribution in [0, 0.1) is 17.1 Å². The first kappa shape index (κ1) is 21.3. The molecule has 2 aliphatic rings. The number of allylic oxidation sites excluding steroid dienone is 1. The van der Waals surface area contributed by atoms with Crippen LogP contribution in [0.15, 0.2) is 60.0 Å². The van der Waals surface area contributed by atoms with Crippen molar-refractivity contribution < 1.29 is 23.3 Å². The highest BCUT2D eigenvalue weighted by molar-refractivity contribution is 6.37. The molecule has 0 unspecified atom stereocenters. The van der Waals surface area contributed by atoms with Crippen LogP contribution in [0.2, 0.25) is 10.0 Å². The summed E-state index contributed by atoms with van der Waals surface area (Å²) in [5.74, 6) is 0.772. The van der Waals surface area contributed by atoms with Gasteiger partial charge in [0.25, 0.3) is 0 Å². The number of rotatable bonds is 4. The maximum atomic E-state index is 13.4. The first-order valence-corrected chi connectivity index (χ1v) is 10.6. The fraction of sp³-hybridized carbons (Fsp3) is 0.125. The summed E-state index contributed by atoms with van der Waals surface area (Å²) in [6, 6.07) is 14.9. The zero-order valence-electron chi connectivity index (χ0n) is 16.9. The Labute approximate surface area is 198 Å². The SMILES string of the molecule is N#CC1=C(N)Oc2cc3c(cc2[C@@H]1c1cc(Cl)c(OCc2cccc(F)c2)c(Cl)c1)OCO3. The Balaban J connectivity index is 1.53. The highest BCUT2D eigenvalue weighted by atomic mass is 35.5. The lowest BCUT2D eigenvalue weighted by Crippen LogP contribution is -2.21. The van der Waals surface area contributed by atoms with Crippen molar-refractivity contribution in [3.05, 3.63) is 92.5 Å². The Bertz CT molecular complexity index is 1330. The fourth-order valence-corrected chi connectivity index (χ4v) is 4.47. The van der Waals surface area contributed by atoms with Gasteiger partial charge in [0.15, 0.2) is 17.2 Å². The third kappa shape index (κ3) is 3.88. The molecule has 1 atom stereocenters. The lowest BCUT2D eigenvalue weighted by atomic mass is 9.83. The first-order valence-electron chi connectivity index (χ1n) is 9.82. The van der Waals surface area contributed by atoms with Gasteiger partial charge in [0.05, 0.1) is 16.0 Å². The standard InChI is InChI=1S/C24H15Cl2FN2O4/c25-17-5-13(6-18(26)23(17)30-10-12-2-1-3-14(27)4-12)22-15-7-20-21(32-11-31-20)8-19(15)33-24(29)16(22)9-28/h1-8,22H,10-11,29H2/t22-/m0/s1. The van der Waals surface area contributed by atoms with Crippen LogP contribution in [0.1, 0.15) is 22.6 Å². The van der Waals surface area contributed by atoms with E-state index in [1.807, 2.05) is 0 Å². The van der Waals surface area contributed by atoms with Gasteiger partial charge in [-0.25, -0.2) is 4.39 Å². The molecule has 166 valence electrons. The Hall–Kier alpha value is -3.60. The van der Waals surface area contributed by atoms with E-state index in [4.69, 9.17) is 47.9 Å². The number of benzene rings is 3.